The average molecular weight is 384 g/mol. The molecule has 0 atom stereocenters. The van der Waals surface area contributed by atoms with Crippen molar-refractivity contribution in [3.8, 4) is 6.07 Å². The SMILES string of the molecule is CC(C)c1ccccc1NC(=O)/C(C#N)=C\Nc1cccc(Br)c1. The van der Waals surface area contributed by atoms with Crippen LogP contribution >= 0.6 is 15.9 Å². The molecule has 2 N–H and O–H groups in total. The third-order valence-corrected chi connectivity index (χ3v) is 3.90. The minimum atomic E-state index is -0.437. The number of nitrogens with zero attached hydrogens (tertiary/aromatic N) is 1. The van der Waals surface area contributed by atoms with Crippen molar-refractivity contribution in [3.63, 3.8) is 0 Å². The first-order valence-electron chi connectivity index (χ1n) is 7.54. The normalized spacial score (nSPS) is 11.0. The van der Waals surface area contributed by atoms with Gasteiger partial charge in [-0.25, -0.2) is 0 Å². The molecule has 0 aromatic heterocycles. The standard InChI is InChI=1S/C19H18BrN3O/c1-13(2)17-8-3-4-9-18(17)23-19(24)14(11-21)12-22-16-7-5-6-15(20)10-16/h3-10,12-13,22H,1-2H3,(H,23,24)/b14-12-. The lowest BCUT2D eigenvalue weighted by Gasteiger charge is -2.13. The Labute approximate surface area is 150 Å². The number of rotatable bonds is 5. The van der Waals surface area contributed by atoms with Crippen LogP contribution in [0.5, 0.6) is 0 Å². The Hall–Kier alpha value is -2.58. The van der Waals surface area contributed by atoms with Crippen LogP contribution in [0.1, 0.15) is 25.3 Å². The Morgan fingerprint density at radius 3 is 2.62 bits per heavy atom. The summed E-state index contributed by atoms with van der Waals surface area (Å²) >= 11 is 3.38. The highest BCUT2D eigenvalue weighted by Crippen LogP contribution is 2.24. The monoisotopic (exact) mass is 383 g/mol. The van der Waals surface area contributed by atoms with Crippen LogP contribution in [0.15, 0.2) is 64.8 Å². The fraction of sp³-hybridized carbons (Fsp3) is 0.158. The van der Waals surface area contributed by atoms with Crippen molar-refractivity contribution in [2.24, 2.45) is 0 Å². The van der Waals surface area contributed by atoms with Crippen molar-refractivity contribution < 1.29 is 4.79 Å². The maximum Gasteiger partial charge on any atom is 0.267 e. The molecular formula is C19H18BrN3O. The van der Waals surface area contributed by atoms with Crippen molar-refractivity contribution in [1.29, 1.82) is 5.26 Å². The number of anilines is 2. The van der Waals surface area contributed by atoms with Gasteiger partial charge in [0, 0.05) is 22.0 Å². The number of carbonyl (C=O) groups is 1. The van der Waals surface area contributed by atoms with Gasteiger partial charge in [-0.3, -0.25) is 4.79 Å². The quantitative estimate of drug-likeness (QED) is 0.561. The van der Waals surface area contributed by atoms with Crippen LogP contribution in [-0.4, -0.2) is 5.91 Å². The highest BCUT2D eigenvalue weighted by atomic mass is 79.9. The van der Waals surface area contributed by atoms with Crippen LogP contribution in [0.25, 0.3) is 0 Å². The second-order valence-corrected chi connectivity index (χ2v) is 6.44. The fourth-order valence-electron chi connectivity index (χ4n) is 2.19. The molecule has 0 saturated carbocycles. The third-order valence-electron chi connectivity index (χ3n) is 3.40. The van der Waals surface area contributed by atoms with Gasteiger partial charge in [0.2, 0.25) is 0 Å². The number of benzene rings is 2. The number of para-hydroxylation sites is 1. The van der Waals surface area contributed by atoms with E-state index in [2.05, 4.69) is 40.4 Å². The Bertz CT molecular complexity index is 806. The van der Waals surface area contributed by atoms with E-state index in [1.54, 1.807) is 0 Å². The Morgan fingerprint density at radius 2 is 1.96 bits per heavy atom. The molecule has 0 radical (unpaired) electrons. The van der Waals surface area contributed by atoms with Crippen molar-refractivity contribution in [1.82, 2.24) is 0 Å². The molecular weight excluding hydrogens is 366 g/mol. The predicted molar refractivity (Wildman–Crippen MR) is 101 cm³/mol. The predicted octanol–water partition coefficient (Wildman–Crippen LogP) is 5.03. The van der Waals surface area contributed by atoms with Crippen LogP contribution in [0.2, 0.25) is 0 Å². The van der Waals surface area contributed by atoms with E-state index < -0.39 is 5.91 Å². The first-order valence-corrected chi connectivity index (χ1v) is 8.33. The van der Waals surface area contributed by atoms with E-state index in [9.17, 15) is 10.1 Å². The van der Waals surface area contributed by atoms with Gasteiger partial charge in [0.15, 0.2) is 0 Å². The van der Waals surface area contributed by atoms with Crippen LogP contribution in [0.3, 0.4) is 0 Å². The summed E-state index contributed by atoms with van der Waals surface area (Å²) in [5, 5.41) is 15.0. The van der Waals surface area contributed by atoms with Gasteiger partial charge in [-0.2, -0.15) is 5.26 Å². The van der Waals surface area contributed by atoms with Crippen LogP contribution in [0, 0.1) is 11.3 Å². The van der Waals surface area contributed by atoms with Crippen LogP contribution in [-0.2, 0) is 4.79 Å². The van der Waals surface area contributed by atoms with E-state index in [1.807, 2.05) is 54.6 Å². The summed E-state index contributed by atoms with van der Waals surface area (Å²) < 4.78 is 0.912. The summed E-state index contributed by atoms with van der Waals surface area (Å²) in [7, 11) is 0. The lowest BCUT2D eigenvalue weighted by molar-refractivity contribution is -0.112. The minimum Gasteiger partial charge on any atom is -0.360 e. The highest BCUT2D eigenvalue weighted by molar-refractivity contribution is 9.10. The van der Waals surface area contributed by atoms with Crippen LogP contribution < -0.4 is 10.6 Å². The summed E-state index contributed by atoms with van der Waals surface area (Å²) in [6.07, 6.45) is 1.41. The van der Waals surface area contributed by atoms with Gasteiger partial charge in [0.1, 0.15) is 11.6 Å². The van der Waals surface area contributed by atoms with Gasteiger partial charge >= 0.3 is 0 Å². The molecule has 2 aromatic rings. The lowest BCUT2D eigenvalue weighted by atomic mass is 10.0. The molecule has 1 amide bonds. The number of nitrogens with one attached hydrogen (secondary N) is 2. The van der Waals surface area contributed by atoms with E-state index >= 15 is 0 Å². The van der Waals surface area contributed by atoms with Crippen LogP contribution in [0.4, 0.5) is 11.4 Å². The first-order chi connectivity index (χ1) is 11.5. The van der Waals surface area contributed by atoms with Gasteiger partial charge in [-0.1, -0.05) is 54.0 Å². The highest BCUT2D eigenvalue weighted by Gasteiger charge is 2.12. The van der Waals surface area contributed by atoms with Gasteiger partial charge in [0.25, 0.3) is 5.91 Å². The molecule has 0 aliphatic carbocycles. The zero-order valence-electron chi connectivity index (χ0n) is 13.5. The molecule has 0 bridgehead atoms. The van der Waals surface area contributed by atoms with Gasteiger partial charge in [-0.05, 0) is 35.7 Å². The molecule has 24 heavy (non-hydrogen) atoms. The van der Waals surface area contributed by atoms with E-state index in [4.69, 9.17) is 0 Å². The number of carbonyl (C=O) groups excluding carboxylic acids is 1. The van der Waals surface area contributed by atoms with Crippen molar-refractivity contribution in [2.45, 2.75) is 19.8 Å². The molecule has 0 aliphatic heterocycles. The number of amides is 1. The molecule has 0 unspecified atom stereocenters. The molecule has 0 spiro atoms. The Balaban J connectivity index is 2.15. The summed E-state index contributed by atoms with van der Waals surface area (Å²) in [5.41, 5.74) is 2.55. The molecule has 4 nitrogen and oxygen atoms in total. The first kappa shape index (κ1) is 17.8. The Kier molecular flexibility index (Phi) is 6.16. The number of nitriles is 1. The van der Waals surface area contributed by atoms with E-state index in [0.29, 0.717) is 0 Å². The lowest BCUT2D eigenvalue weighted by Crippen LogP contribution is -2.16. The molecule has 2 rings (SSSR count). The number of halogens is 1. The van der Waals surface area contributed by atoms with Gasteiger partial charge in [-0.15, -0.1) is 0 Å². The van der Waals surface area contributed by atoms with E-state index in [-0.39, 0.29) is 11.5 Å². The zero-order valence-corrected chi connectivity index (χ0v) is 15.1. The van der Waals surface area contributed by atoms with Gasteiger partial charge in [0.05, 0.1) is 0 Å². The van der Waals surface area contributed by atoms with Crippen molar-refractivity contribution >= 4 is 33.2 Å². The second-order valence-electron chi connectivity index (χ2n) is 5.52. The molecule has 0 aliphatic rings. The zero-order chi connectivity index (χ0) is 17.5. The van der Waals surface area contributed by atoms with Crippen molar-refractivity contribution in [3.05, 3.63) is 70.3 Å². The van der Waals surface area contributed by atoms with E-state index in [0.717, 1.165) is 21.4 Å². The maximum atomic E-state index is 12.4. The fourth-order valence-corrected chi connectivity index (χ4v) is 2.59. The minimum absolute atomic E-state index is 0.00790. The summed E-state index contributed by atoms with van der Waals surface area (Å²) in [6.45, 7) is 4.11. The third kappa shape index (κ3) is 4.71. The Morgan fingerprint density at radius 1 is 1.21 bits per heavy atom. The van der Waals surface area contributed by atoms with E-state index in [1.165, 1.54) is 6.20 Å². The molecule has 0 fully saturated rings. The smallest absolute Gasteiger partial charge is 0.267 e. The second kappa shape index (κ2) is 8.32. The largest absolute Gasteiger partial charge is 0.360 e. The maximum absolute atomic E-state index is 12.4. The summed E-state index contributed by atoms with van der Waals surface area (Å²) in [6, 6.07) is 17.0. The van der Waals surface area contributed by atoms with Crippen molar-refractivity contribution in [2.75, 3.05) is 10.6 Å². The number of hydrogen-bond donors (Lipinski definition) is 2. The topological polar surface area (TPSA) is 64.9 Å². The average Bonchev–Trinajstić information content (AvgIpc) is 2.55. The molecule has 2 aromatic carbocycles. The molecule has 122 valence electrons. The van der Waals surface area contributed by atoms with Gasteiger partial charge < -0.3 is 10.6 Å². The summed E-state index contributed by atoms with van der Waals surface area (Å²) in [4.78, 5) is 12.4. The summed E-state index contributed by atoms with van der Waals surface area (Å²) in [5.74, 6) is -0.163. The molecule has 0 heterocycles. The molecule has 5 heteroatoms. The molecule has 0 saturated heterocycles. The number of hydrogen-bond acceptors (Lipinski definition) is 3.